The second-order valence-electron chi connectivity index (χ2n) is 5.52. The lowest BCUT2D eigenvalue weighted by atomic mass is 10.2. The van der Waals surface area contributed by atoms with Gasteiger partial charge in [-0.15, -0.1) is 0 Å². The van der Waals surface area contributed by atoms with Gasteiger partial charge in [0.25, 0.3) is 0 Å². The first kappa shape index (κ1) is 17.6. The lowest BCUT2D eigenvalue weighted by molar-refractivity contribution is 0.0984. The minimum Gasteiger partial charge on any atom is -0.380 e. The molecule has 1 N–H and O–H groups in total. The van der Waals surface area contributed by atoms with Gasteiger partial charge in [-0.1, -0.05) is 26.0 Å². The molecule has 0 spiro atoms. The fraction of sp³-hybridized carbons (Fsp3) is 0.533. The first-order chi connectivity index (χ1) is 9.82. The number of hydrogen-bond acceptors (Lipinski definition) is 4. The zero-order valence-electron chi connectivity index (χ0n) is 12.7. The van der Waals surface area contributed by atoms with Gasteiger partial charge in [-0.2, -0.15) is 5.26 Å². The minimum absolute atomic E-state index is 0.142. The zero-order valence-corrected chi connectivity index (χ0v) is 13.5. The number of hydrogen-bond donors (Lipinski definition) is 1. The third-order valence-corrected chi connectivity index (χ3v) is 4.09. The molecule has 0 aromatic heterocycles. The fourth-order valence-electron chi connectivity index (χ4n) is 1.81. The Morgan fingerprint density at radius 2 is 2.00 bits per heavy atom. The van der Waals surface area contributed by atoms with Crippen LogP contribution < -0.4 is 4.72 Å². The van der Waals surface area contributed by atoms with Crippen LogP contribution in [-0.4, -0.2) is 27.7 Å². The summed E-state index contributed by atoms with van der Waals surface area (Å²) >= 11 is 0. The maximum Gasteiger partial charge on any atom is 0.216 e. The van der Waals surface area contributed by atoms with Crippen LogP contribution in [0.3, 0.4) is 0 Å². The molecular weight excluding hydrogens is 288 g/mol. The summed E-state index contributed by atoms with van der Waals surface area (Å²) in [5.74, 6) is 0.277. The Kier molecular flexibility index (Phi) is 6.82. The van der Waals surface area contributed by atoms with E-state index < -0.39 is 10.0 Å². The molecule has 0 saturated heterocycles. The average molecular weight is 310 g/mol. The molecule has 0 heterocycles. The maximum absolute atomic E-state index is 12.1. The van der Waals surface area contributed by atoms with Crippen molar-refractivity contribution in [2.45, 2.75) is 32.6 Å². The minimum atomic E-state index is -3.45. The first-order valence-electron chi connectivity index (χ1n) is 6.89. The van der Waals surface area contributed by atoms with Crippen LogP contribution in [0, 0.1) is 17.2 Å². The lowest BCUT2D eigenvalue weighted by Gasteiger charge is -2.15. The second-order valence-corrected chi connectivity index (χ2v) is 7.28. The predicted octanol–water partition coefficient (Wildman–Crippen LogP) is 2.04. The Balaban J connectivity index is 2.55. The highest BCUT2D eigenvalue weighted by Crippen LogP contribution is 2.08. The summed E-state index contributed by atoms with van der Waals surface area (Å²) in [4.78, 5) is 0. The predicted molar refractivity (Wildman–Crippen MR) is 82.0 cm³/mol. The van der Waals surface area contributed by atoms with Crippen molar-refractivity contribution in [2.24, 2.45) is 5.92 Å². The van der Waals surface area contributed by atoms with E-state index in [1.807, 2.05) is 19.9 Å². The van der Waals surface area contributed by atoms with Gasteiger partial charge in [-0.25, -0.2) is 13.1 Å². The number of nitrogens with one attached hydrogen (secondary N) is 1. The Bertz CT molecular complexity index is 591. The third kappa shape index (κ3) is 7.23. The van der Waals surface area contributed by atoms with Gasteiger partial charge in [0.2, 0.25) is 10.0 Å². The first-order valence-corrected chi connectivity index (χ1v) is 8.54. The maximum atomic E-state index is 12.1. The van der Waals surface area contributed by atoms with Crippen molar-refractivity contribution in [2.75, 3.05) is 13.2 Å². The van der Waals surface area contributed by atoms with E-state index in [-0.39, 0.29) is 11.8 Å². The number of rotatable bonds is 8. The highest BCUT2D eigenvalue weighted by molar-refractivity contribution is 7.88. The summed E-state index contributed by atoms with van der Waals surface area (Å²) < 4.78 is 32.1. The van der Waals surface area contributed by atoms with Crippen LogP contribution in [0.4, 0.5) is 0 Å². The number of benzene rings is 1. The molecule has 21 heavy (non-hydrogen) atoms. The topological polar surface area (TPSA) is 79.2 Å². The van der Waals surface area contributed by atoms with Crippen LogP contribution >= 0.6 is 0 Å². The lowest BCUT2D eigenvalue weighted by Crippen LogP contribution is -2.36. The van der Waals surface area contributed by atoms with E-state index in [1.165, 1.54) is 0 Å². The van der Waals surface area contributed by atoms with E-state index in [0.717, 1.165) is 0 Å². The molecule has 1 aromatic rings. The summed E-state index contributed by atoms with van der Waals surface area (Å²) in [5, 5.41) is 8.82. The van der Waals surface area contributed by atoms with Crippen molar-refractivity contribution in [3.05, 3.63) is 35.4 Å². The zero-order chi connectivity index (χ0) is 15.9. The standard InChI is InChI=1S/C15H22N2O3S/c1-12(2)9-20-10-13(3)17-21(18,19)11-15-6-4-5-14(7-15)8-16/h4-7,12-13,17H,9-11H2,1-3H3/t13-/m0/s1. The molecule has 1 rings (SSSR count). The molecule has 5 nitrogen and oxygen atoms in total. The number of ether oxygens (including phenoxy) is 1. The van der Waals surface area contributed by atoms with E-state index in [2.05, 4.69) is 4.72 Å². The normalized spacial score (nSPS) is 13.1. The van der Waals surface area contributed by atoms with Crippen LogP contribution in [0.1, 0.15) is 31.9 Å². The van der Waals surface area contributed by atoms with Crippen molar-refractivity contribution in [3.63, 3.8) is 0 Å². The van der Waals surface area contributed by atoms with Crippen LogP contribution in [0.15, 0.2) is 24.3 Å². The Labute approximate surface area is 127 Å². The average Bonchev–Trinajstić information content (AvgIpc) is 2.37. The van der Waals surface area contributed by atoms with Crippen LogP contribution in [-0.2, 0) is 20.5 Å². The van der Waals surface area contributed by atoms with Gasteiger partial charge in [0, 0.05) is 12.6 Å². The molecule has 6 heteroatoms. The molecule has 116 valence electrons. The Hall–Kier alpha value is -1.42. The molecule has 0 amide bonds. The summed E-state index contributed by atoms with van der Waals surface area (Å²) in [6.07, 6.45) is 0. The quantitative estimate of drug-likeness (QED) is 0.797. The van der Waals surface area contributed by atoms with Crippen LogP contribution in [0.5, 0.6) is 0 Å². The highest BCUT2D eigenvalue weighted by atomic mass is 32.2. The fourth-order valence-corrected chi connectivity index (χ4v) is 3.20. The van der Waals surface area contributed by atoms with Gasteiger partial charge in [-0.3, -0.25) is 0 Å². The summed E-state index contributed by atoms with van der Waals surface area (Å²) in [7, 11) is -3.45. The van der Waals surface area contributed by atoms with Crippen LogP contribution in [0.2, 0.25) is 0 Å². The molecule has 0 radical (unpaired) electrons. The number of nitrogens with zero attached hydrogens (tertiary/aromatic N) is 1. The van der Waals surface area contributed by atoms with Crippen molar-refractivity contribution < 1.29 is 13.2 Å². The summed E-state index contributed by atoms with van der Waals surface area (Å²) in [5.41, 5.74) is 1.05. The van der Waals surface area contributed by atoms with Crippen molar-refractivity contribution >= 4 is 10.0 Å². The largest absolute Gasteiger partial charge is 0.380 e. The van der Waals surface area contributed by atoms with Crippen LogP contribution in [0.25, 0.3) is 0 Å². The molecule has 0 fully saturated rings. The van der Waals surface area contributed by atoms with Gasteiger partial charge in [0.1, 0.15) is 0 Å². The Morgan fingerprint density at radius 1 is 1.29 bits per heavy atom. The molecule has 0 saturated carbocycles. The van der Waals surface area contributed by atoms with E-state index in [1.54, 1.807) is 31.2 Å². The van der Waals surface area contributed by atoms with E-state index in [9.17, 15) is 8.42 Å². The van der Waals surface area contributed by atoms with E-state index in [0.29, 0.717) is 30.3 Å². The van der Waals surface area contributed by atoms with Crippen molar-refractivity contribution in [3.8, 4) is 6.07 Å². The number of sulfonamides is 1. The molecule has 1 aromatic carbocycles. The smallest absolute Gasteiger partial charge is 0.216 e. The van der Waals surface area contributed by atoms with Gasteiger partial charge < -0.3 is 4.74 Å². The second kappa shape index (κ2) is 8.13. The van der Waals surface area contributed by atoms with Gasteiger partial charge in [-0.05, 0) is 30.5 Å². The van der Waals surface area contributed by atoms with Gasteiger partial charge >= 0.3 is 0 Å². The third-order valence-electron chi connectivity index (χ3n) is 2.61. The number of nitriles is 1. The van der Waals surface area contributed by atoms with Gasteiger partial charge in [0.15, 0.2) is 0 Å². The molecule has 0 unspecified atom stereocenters. The highest BCUT2D eigenvalue weighted by Gasteiger charge is 2.15. The molecule has 1 atom stereocenters. The molecule has 0 aliphatic heterocycles. The summed E-state index contributed by atoms with van der Waals surface area (Å²) in [6.45, 7) is 6.80. The summed E-state index contributed by atoms with van der Waals surface area (Å²) in [6, 6.07) is 8.31. The SMILES string of the molecule is CC(C)COC[C@H](C)NS(=O)(=O)Cc1cccc(C#N)c1. The molecule has 0 aliphatic rings. The molecule has 0 aliphatic carbocycles. The van der Waals surface area contributed by atoms with Gasteiger partial charge in [0.05, 0.1) is 24.0 Å². The monoisotopic (exact) mass is 310 g/mol. The van der Waals surface area contributed by atoms with Crippen molar-refractivity contribution in [1.82, 2.24) is 4.72 Å². The molecular formula is C15H22N2O3S. The Morgan fingerprint density at radius 3 is 2.62 bits per heavy atom. The van der Waals surface area contributed by atoms with Crippen molar-refractivity contribution in [1.29, 1.82) is 5.26 Å². The van der Waals surface area contributed by atoms with E-state index in [4.69, 9.17) is 10.00 Å². The molecule has 0 bridgehead atoms. The van der Waals surface area contributed by atoms with E-state index >= 15 is 0 Å².